The van der Waals surface area contributed by atoms with Crippen molar-refractivity contribution in [2.75, 3.05) is 13.7 Å². The Labute approximate surface area is 147 Å². The molecule has 1 saturated heterocycles. The number of hydrogen-bond donors (Lipinski definition) is 2. The molecule has 1 aromatic heterocycles. The Morgan fingerprint density at radius 1 is 1.46 bits per heavy atom. The van der Waals surface area contributed by atoms with Crippen molar-refractivity contribution >= 4 is 12.0 Å². The molecule has 0 spiro atoms. The number of aromatic nitrogens is 2. The number of likely N-dealkylation sites (tertiary alicyclic amines) is 1. The van der Waals surface area contributed by atoms with E-state index in [0.717, 1.165) is 24.4 Å². The highest BCUT2D eigenvalue weighted by Gasteiger charge is 2.36. The summed E-state index contributed by atoms with van der Waals surface area (Å²) in [5.74, 6) is 0.744. The maximum absolute atomic E-state index is 12.9. The van der Waals surface area contributed by atoms with Crippen molar-refractivity contribution in [1.29, 1.82) is 0 Å². The molecule has 2 atom stereocenters. The summed E-state index contributed by atoms with van der Waals surface area (Å²) in [5, 5.41) is 2.64. The predicted octanol–water partition coefficient (Wildman–Crippen LogP) is 3.28. The second-order valence-electron chi connectivity index (χ2n) is 5.97. The van der Waals surface area contributed by atoms with E-state index in [2.05, 4.69) is 20.0 Å². The molecule has 1 aliphatic rings. The predicted molar refractivity (Wildman–Crippen MR) is 96.8 cm³/mol. The van der Waals surface area contributed by atoms with E-state index >= 15 is 0 Å². The fraction of sp³-hybridized carbons (Fsp3) is 0.706. The highest BCUT2D eigenvalue weighted by atomic mass is 16.5. The van der Waals surface area contributed by atoms with E-state index in [1.165, 1.54) is 7.11 Å². The molecule has 0 saturated carbocycles. The summed E-state index contributed by atoms with van der Waals surface area (Å²) in [6.07, 6.45) is 3.04. The molecule has 1 aliphatic heterocycles. The molecule has 1 aromatic rings. The van der Waals surface area contributed by atoms with Crippen LogP contribution in [-0.4, -0.2) is 46.6 Å². The number of nitrogens with one attached hydrogen (secondary N) is 2. The SMILES string of the molecule is CC.COC(=O)NC(C(=O)N1CCCC1c1cnc(C)[nH]1)C(C)C.[HH].[HH]. The van der Waals surface area contributed by atoms with E-state index in [4.69, 9.17) is 0 Å². The van der Waals surface area contributed by atoms with E-state index in [-0.39, 0.29) is 20.7 Å². The summed E-state index contributed by atoms with van der Waals surface area (Å²) in [6, 6.07) is -0.591. The molecule has 24 heavy (non-hydrogen) atoms. The first-order chi connectivity index (χ1) is 11.4. The number of alkyl carbamates (subject to hydrolysis) is 1. The van der Waals surface area contributed by atoms with Gasteiger partial charge < -0.3 is 19.9 Å². The summed E-state index contributed by atoms with van der Waals surface area (Å²) in [6.45, 7) is 10.4. The number of imidazole rings is 1. The number of H-pyrrole nitrogens is 1. The lowest BCUT2D eigenvalue weighted by molar-refractivity contribution is -0.135. The van der Waals surface area contributed by atoms with Gasteiger partial charge in [0.05, 0.1) is 25.0 Å². The molecular formula is C17H34N4O3. The van der Waals surface area contributed by atoms with Crippen LogP contribution in [0.4, 0.5) is 4.79 Å². The van der Waals surface area contributed by atoms with Crippen molar-refractivity contribution in [3.63, 3.8) is 0 Å². The lowest BCUT2D eigenvalue weighted by Crippen LogP contribution is -2.51. The lowest BCUT2D eigenvalue weighted by Gasteiger charge is -2.30. The van der Waals surface area contributed by atoms with Gasteiger partial charge in [-0.3, -0.25) is 4.79 Å². The third-order valence-corrected chi connectivity index (χ3v) is 4.01. The zero-order valence-corrected chi connectivity index (χ0v) is 15.5. The number of aryl methyl sites for hydroxylation is 1. The highest BCUT2D eigenvalue weighted by molar-refractivity contribution is 5.86. The monoisotopic (exact) mass is 342 g/mol. The first-order valence-electron chi connectivity index (χ1n) is 8.60. The van der Waals surface area contributed by atoms with Crippen LogP contribution in [0.2, 0.25) is 0 Å². The van der Waals surface area contributed by atoms with Crippen molar-refractivity contribution < 1.29 is 17.2 Å². The van der Waals surface area contributed by atoms with Gasteiger partial charge in [-0.1, -0.05) is 27.7 Å². The van der Waals surface area contributed by atoms with Gasteiger partial charge in [-0.25, -0.2) is 9.78 Å². The molecule has 2 N–H and O–H groups in total. The fourth-order valence-electron chi connectivity index (χ4n) is 2.84. The van der Waals surface area contributed by atoms with E-state index in [1.807, 2.05) is 39.5 Å². The Morgan fingerprint density at radius 3 is 2.62 bits per heavy atom. The number of amides is 2. The standard InChI is InChI=1S/C15H24N4O3.C2H6.2H2/c1-9(2)13(18-15(21)22-4)14(20)19-7-5-6-12(19)11-8-16-10(3)17-11;1-2;;/h8-9,12-13H,5-7H2,1-4H3,(H,16,17)(H,18,21);1-2H3;2*1H. The summed E-state index contributed by atoms with van der Waals surface area (Å²) in [7, 11) is 1.29. The van der Waals surface area contributed by atoms with Crippen LogP contribution < -0.4 is 5.32 Å². The van der Waals surface area contributed by atoms with E-state index in [9.17, 15) is 9.59 Å². The third kappa shape index (κ3) is 4.72. The Hall–Kier alpha value is -2.05. The lowest BCUT2D eigenvalue weighted by atomic mass is 10.0. The Kier molecular flexibility index (Phi) is 7.74. The van der Waals surface area contributed by atoms with Gasteiger partial charge in [-0.15, -0.1) is 0 Å². The first-order valence-corrected chi connectivity index (χ1v) is 8.60. The average Bonchev–Trinajstić information content (AvgIpc) is 3.21. The number of nitrogens with zero attached hydrogens (tertiary/aromatic N) is 2. The van der Waals surface area contributed by atoms with Crippen LogP contribution in [0.3, 0.4) is 0 Å². The van der Waals surface area contributed by atoms with Crippen LogP contribution in [0.1, 0.15) is 61.0 Å². The molecule has 2 amide bonds. The minimum Gasteiger partial charge on any atom is -0.453 e. The summed E-state index contributed by atoms with van der Waals surface area (Å²) >= 11 is 0. The summed E-state index contributed by atoms with van der Waals surface area (Å²) < 4.78 is 4.62. The zero-order chi connectivity index (χ0) is 18.3. The number of ether oxygens (including phenoxy) is 1. The molecule has 7 nitrogen and oxygen atoms in total. The van der Waals surface area contributed by atoms with Gasteiger partial charge >= 0.3 is 6.09 Å². The number of hydrogen-bond acceptors (Lipinski definition) is 4. The van der Waals surface area contributed by atoms with Crippen molar-refractivity contribution in [3.05, 3.63) is 17.7 Å². The highest BCUT2D eigenvalue weighted by Crippen LogP contribution is 2.31. The van der Waals surface area contributed by atoms with Crippen LogP contribution in [0, 0.1) is 12.8 Å². The van der Waals surface area contributed by atoms with Gasteiger partial charge in [0.2, 0.25) is 5.91 Å². The topological polar surface area (TPSA) is 87.3 Å². The molecule has 0 radical (unpaired) electrons. The van der Waals surface area contributed by atoms with Gasteiger partial charge in [-0.05, 0) is 25.7 Å². The van der Waals surface area contributed by atoms with Gasteiger partial charge in [0.15, 0.2) is 0 Å². The van der Waals surface area contributed by atoms with Crippen LogP contribution in [-0.2, 0) is 9.53 Å². The van der Waals surface area contributed by atoms with Gasteiger partial charge in [0, 0.05) is 9.40 Å². The number of methoxy groups -OCH3 is 1. The minimum atomic E-state index is -0.586. The number of aromatic amines is 1. The van der Waals surface area contributed by atoms with Crippen molar-refractivity contribution in [3.8, 4) is 0 Å². The molecule has 0 aliphatic carbocycles. The maximum Gasteiger partial charge on any atom is 0.407 e. The van der Waals surface area contributed by atoms with Crippen molar-refractivity contribution in [1.82, 2.24) is 20.2 Å². The molecule has 2 unspecified atom stereocenters. The van der Waals surface area contributed by atoms with Crippen LogP contribution in [0.25, 0.3) is 0 Å². The average molecular weight is 342 g/mol. The maximum atomic E-state index is 12.9. The van der Waals surface area contributed by atoms with Crippen molar-refractivity contribution in [2.24, 2.45) is 5.92 Å². The zero-order valence-electron chi connectivity index (χ0n) is 15.5. The molecule has 0 bridgehead atoms. The van der Waals surface area contributed by atoms with Crippen molar-refractivity contribution in [2.45, 2.75) is 59.5 Å². The number of rotatable bonds is 4. The molecule has 2 heterocycles. The second kappa shape index (κ2) is 9.30. The third-order valence-electron chi connectivity index (χ3n) is 4.01. The molecular weight excluding hydrogens is 308 g/mol. The quantitative estimate of drug-likeness (QED) is 0.879. The largest absolute Gasteiger partial charge is 0.453 e. The summed E-state index contributed by atoms with van der Waals surface area (Å²) in [5.41, 5.74) is 0.948. The number of carbonyl (C=O) groups is 2. The van der Waals surface area contributed by atoms with Gasteiger partial charge in [0.1, 0.15) is 11.9 Å². The molecule has 140 valence electrons. The molecule has 2 rings (SSSR count). The van der Waals surface area contributed by atoms with Crippen LogP contribution in [0.5, 0.6) is 0 Å². The second-order valence-corrected chi connectivity index (χ2v) is 5.97. The number of carbonyl (C=O) groups excluding carboxylic acids is 2. The van der Waals surface area contributed by atoms with E-state index in [0.29, 0.717) is 6.54 Å². The van der Waals surface area contributed by atoms with Gasteiger partial charge in [-0.2, -0.15) is 0 Å². The molecule has 7 heteroatoms. The smallest absolute Gasteiger partial charge is 0.407 e. The Morgan fingerprint density at radius 2 is 2.12 bits per heavy atom. The molecule has 1 fully saturated rings. The Balaban J connectivity index is 0. The van der Waals surface area contributed by atoms with Crippen LogP contribution in [0.15, 0.2) is 6.20 Å². The minimum absolute atomic E-state index is 0. The Bertz CT molecular complexity index is 552. The first kappa shape index (κ1) is 20.0. The van der Waals surface area contributed by atoms with Gasteiger partial charge in [0.25, 0.3) is 0 Å². The molecule has 0 aromatic carbocycles. The van der Waals surface area contributed by atoms with E-state index in [1.54, 1.807) is 6.20 Å². The fourth-order valence-corrected chi connectivity index (χ4v) is 2.84. The summed E-state index contributed by atoms with van der Waals surface area (Å²) in [4.78, 5) is 33.6. The normalized spacial score (nSPS) is 18.0. The van der Waals surface area contributed by atoms with E-state index < -0.39 is 12.1 Å². The van der Waals surface area contributed by atoms with Crippen LogP contribution >= 0.6 is 0 Å².